The summed E-state index contributed by atoms with van der Waals surface area (Å²) in [4.78, 5) is 0. The monoisotopic (exact) mass is 297 g/mol. The molecule has 1 nitrogen and oxygen atoms in total. The molecule has 0 aliphatic rings. The Bertz CT molecular complexity index is 174. The third-order valence-corrected chi connectivity index (χ3v) is 4.92. The Balaban J connectivity index is 3.67. The molecular formula is C20H41O. The van der Waals surface area contributed by atoms with E-state index in [1.165, 1.54) is 89.9 Å². The number of unbranched alkanes of at least 4 members (excludes halogenated alkanes) is 10. The molecule has 0 aliphatic heterocycles. The van der Waals surface area contributed by atoms with E-state index in [1.807, 2.05) is 0 Å². The van der Waals surface area contributed by atoms with Gasteiger partial charge in [-0.3, -0.25) is 0 Å². The minimum Gasteiger partial charge on any atom is -0.236 e. The maximum absolute atomic E-state index is 11.2. The molecule has 0 aliphatic carbocycles. The summed E-state index contributed by atoms with van der Waals surface area (Å²) in [7, 11) is 0. The minimum atomic E-state index is 0.121. The second-order valence-electron chi connectivity index (χ2n) is 7.02. The highest BCUT2D eigenvalue weighted by Gasteiger charge is 2.16. The quantitative estimate of drug-likeness (QED) is 0.269. The van der Waals surface area contributed by atoms with Crippen LogP contribution in [0.25, 0.3) is 0 Å². The van der Waals surface area contributed by atoms with Crippen molar-refractivity contribution < 1.29 is 5.11 Å². The lowest BCUT2D eigenvalue weighted by Gasteiger charge is -2.22. The molecule has 0 bridgehead atoms. The number of hydrogen-bond acceptors (Lipinski definition) is 0. The fourth-order valence-corrected chi connectivity index (χ4v) is 3.22. The normalized spacial score (nSPS) is 13.0. The van der Waals surface area contributed by atoms with Crippen molar-refractivity contribution >= 4 is 0 Å². The zero-order valence-electron chi connectivity index (χ0n) is 15.2. The Hall–Kier alpha value is -0.0400. The average molecular weight is 298 g/mol. The summed E-state index contributed by atoms with van der Waals surface area (Å²) in [6, 6.07) is 0. The molecule has 1 heteroatoms. The van der Waals surface area contributed by atoms with E-state index in [0.29, 0.717) is 11.8 Å². The van der Waals surface area contributed by atoms with Gasteiger partial charge in [0.15, 0.2) is 0 Å². The lowest BCUT2D eigenvalue weighted by atomic mass is 9.85. The van der Waals surface area contributed by atoms with E-state index in [9.17, 15) is 5.11 Å². The van der Waals surface area contributed by atoms with Crippen LogP contribution in [0.15, 0.2) is 0 Å². The van der Waals surface area contributed by atoms with Gasteiger partial charge in [-0.25, -0.2) is 5.11 Å². The van der Waals surface area contributed by atoms with Crippen LogP contribution >= 0.6 is 0 Å². The predicted octanol–water partition coefficient (Wildman–Crippen LogP) is 7.17. The van der Waals surface area contributed by atoms with Gasteiger partial charge in [0, 0.05) is 0 Å². The zero-order chi connectivity index (χ0) is 15.8. The van der Waals surface area contributed by atoms with Crippen LogP contribution in [-0.4, -0.2) is 6.61 Å². The molecule has 0 spiro atoms. The molecule has 0 N–H and O–H groups in total. The molecule has 21 heavy (non-hydrogen) atoms. The summed E-state index contributed by atoms with van der Waals surface area (Å²) in [5, 5.41) is 11.2. The number of hydrogen-bond donors (Lipinski definition) is 0. The average Bonchev–Trinajstić information content (AvgIpc) is 2.51. The molecule has 0 fully saturated rings. The molecule has 127 valence electrons. The molecule has 0 heterocycles. The predicted molar refractivity (Wildman–Crippen MR) is 94.2 cm³/mol. The Morgan fingerprint density at radius 2 is 1.00 bits per heavy atom. The summed E-state index contributed by atoms with van der Waals surface area (Å²) in [5.41, 5.74) is 0. The first kappa shape index (κ1) is 21.0. The SMILES string of the molecule is CCCCCCCCC(CCCCCCCC)C(C)C[O]. The Kier molecular flexibility index (Phi) is 16.3. The first-order valence-electron chi connectivity index (χ1n) is 9.84. The van der Waals surface area contributed by atoms with Crippen LogP contribution in [0.1, 0.15) is 111 Å². The topological polar surface area (TPSA) is 19.9 Å². The second kappa shape index (κ2) is 16.3. The molecule has 0 aromatic heterocycles. The highest BCUT2D eigenvalue weighted by molar-refractivity contribution is 4.66. The zero-order valence-corrected chi connectivity index (χ0v) is 15.2. The summed E-state index contributed by atoms with van der Waals surface area (Å²) < 4.78 is 0. The first-order chi connectivity index (χ1) is 10.3. The second-order valence-corrected chi connectivity index (χ2v) is 7.02. The van der Waals surface area contributed by atoms with E-state index in [1.54, 1.807) is 0 Å². The molecule has 1 unspecified atom stereocenters. The van der Waals surface area contributed by atoms with Crippen LogP contribution in [-0.2, 0) is 5.11 Å². The van der Waals surface area contributed by atoms with Crippen molar-refractivity contribution in [2.24, 2.45) is 11.8 Å². The third kappa shape index (κ3) is 13.4. The van der Waals surface area contributed by atoms with Gasteiger partial charge in [0.05, 0.1) is 6.61 Å². The lowest BCUT2D eigenvalue weighted by molar-refractivity contribution is 0.111. The standard InChI is InChI=1S/C20H41O/c1-4-6-8-10-12-14-16-20(19(3)18-21)17-15-13-11-9-7-5-2/h19-20H,4-18H2,1-3H3. The van der Waals surface area contributed by atoms with Crippen molar-refractivity contribution in [2.45, 2.75) is 111 Å². The van der Waals surface area contributed by atoms with Gasteiger partial charge in [-0.1, -0.05) is 111 Å². The maximum Gasteiger partial charge on any atom is 0.0850 e. The van der Waals surface area contributed by atoms with Crippen molar-refractivity contribution in [3.63, 3.8) is 0 Å². The largest absolute Gasteiger partial charge is 0.236 e. The molecule has 1 atom stereocenters. The van der Waals surface area contributed by atoms with Gasteiger partial charge in [0.25, 0.3) is 0 Å². The Labute approximate surface area is 134 Å². The third-order valence-electron chi connectivity index (χ3n) is 4.92. The summed E-state index contributed by atoms with van der Waals surface area (Å²) >= 11 is 0. The highest BCUT2D eigenvalue weighted by atomic mass is 16.3. The van der Waals surface area contributed by atoms with Crippen LogP contribution in [0.5, 0.6) is 0 Å². The minimum absolute atomic E-state index is 0.121. The molecule has 0 rings (SSSR count). The van der Waals surface area contributed by atoms with E-state index >= 15 is 0 Å². The fraction of sp³-hybridized carbons (Fsp3) is 1.00. The van der Waals surface area contributed by atoms with Crippen molar-refractivity contribution in [1.29, 1.82) is 0 Å². The Morgan fingerprint density at radius 1 is 0.619 bits per heavy atom. The maximum atomic E-state index is 11.2. The van der Waals surface area contributed by atoms with Crippen molar-refractivity contribution in [1.82, 2.24) is 0 Å². The van der Waals surface area contributed by atoms with Gasteiger partial charge < -0.3 is 0 Å². The van der Waals surface area contributed by atoms with Crippen LogP contribution in [0, 0.1) is 11.8 Å². The van der Waals surface area contributed by atoms with Gasteiger partial charge in [-0.15, -0.1) is 0 Å². The molecular weight excluding hydrogens is 256 g/mol. The Morgan fingerprint density at radius 3 is 1.38 bits per heavy atom. The van der Waals surface area contributed by atoms with Crippen LogP contribution in [0.4, 0.5) is 0 Å². The fourth-order valence-electron chi connectivity index (χ4n) is 3.22. The van der Waals surface area contributed by atoms with Gasteiger partial charge in [0.2, 0.25) is 0 Å². The van der Waals surface area contributed by atoms with Crippen molar-refractivity contribution in [3.05, 3.63) is 0 Å². The van der Waals surface area contributed by atoms with Gasteiger partial charge in [-0.2, -0.15) is 0 Å². The summed E-state index contributed by atoms with van der Waals surface area (Å²) in [6.07, 6.45) is 19.0. The molecule has 0 amide bonds. The smallest absolute Gasteiger partial charge is 0.0850 e. The molecule has 0 saturated heterocycles. The summed E-state index contributed by atoms with van der Waals surface area (Å²) in [5.74, 6) is 1.08. The van der Waals surface area contributed by atoms with Gasteiger partial charge >= 0.3 is 0 Å². The van der Waals surface area contributed by atoms with E-state index in [0.717, 1.165) is 0 Å². The summed E-state index contributed by atoms with van der Waals surface area (Å²) in [6.45, 7) is 6.83. The van der Waals surface area contributed by atoms with Crippen LogP contribution in [0.3, 0.4) is 0 Å². The van der Waals surface area contributed by atoms with Gasteiger partial charge in [-0.05, 0) is 11.8 Å². The van der Waals surface area contributed by atoms with E-state index < -0.39 is 0 Å². The van der Waals surface area contributed by atoms with Gasteiger partial charge in [0.1, 0.15) is 0 Å². The molecule has 0 aromatic carbocycles. The van der Waals surface area contributed by atoms with Crippen molar-refractivity contribution in [2.75, 3.05) is 6.61 Å². The molecule has 0 saturated carbocycles. The number of rotatable bonds is 16. The first-order valence-corrected chi connectivity index (χ1v) is 9.84. The van der Waals surface area contributed by atoms with E-state index in [2.05, 4.69) is 20.8 Å². The van der Waals surface area contributed by atoms with Crippen molar-refractivity contribution in [3.8, 4) is 0 Å². The van der Waals surface area contributed by atoms with Crippen LogP contribution in [0.2, 0.25) is 0 Å². The van der Waals surface area contributed by atoms with Crippen LogP contribution < -0.4 is 0 Å². The highest BCUT2D eigenvalue weighted by Crippen LogP contribution is 2.25. The van der Waals surface area contributed by atoms with E-state index in [4.69, 9.17) is 0 Å². The molecule has 0 aromatic rings. The molecule has 1 radical (unpaired) electrons. The lowest BCUT2D eigenvalue weighted by Crippen LogP contribution is -2.15. The van der Waals surface area contributed by atoms with E-state index in [-0.39, 0.29) is 6.61 Å².